The first-order valence-corrected chi connectivity index (χ1v) is 4.74. The molecule has 12 heavy (non-hydrogen) atoms. The number of carbonyl (C=O) groups excluding carboxylic acids is 2. The molecule has 0 heterocycles. The topological polar surface area (TPSA) is 46.2 Å². The summed E-state index contributed by atoms with van der Waals surface area (Å²) in [5, 5.41) is 2.22. The van der Waals surface area contributed by atoms with E-state index in [1.54, 1.807) is 0 Å². The predicted octanol–water partition coefficient (Wildman–Crippen LogP) is 1.18. The lowest BCUT2D eigenvalue weighted by atomic mass is 10.3. The number of amides is 2. The number of carbonyl (C=O) groups is 2. The van der Waals surface area contributed by atoms with Gasteiger partial charge in [0, 0.05) is 11.7 Å². The van der Waals surface area contributed by atoms with Gasteiger partial charge in [-0.2, -0.15) is 0 Å². The Morgan fingerprint density at radius 2 is 1.83 bits per heavy atom. The van der Waals surface area contributed by atoms with Crippen molar-refractivity contribution >= 4 is 23.6 Å². The van der Waals surface area contributed by atoms with Crippen molar-refractivity contribution in [3.05, 3.63) is 0 Å². The molecule has 0 radical (unpaired) electrons. The Morgan fingerprint density at radius 3 is 2.17 bits per heavy atom. The third-order valence-corrected chi connectivity index (χ3v) is 2.22. The minimum Gasteiger partial charge on any atom is -0.296 e. The Kier molecular flexibility index (Phi) is 4.31. The van der Waals surface area contributed by atoms with Crippen LogP contribution in [-0.2, 0) is 9.59 Å². The van der Waals surface area contributed by atoms with Gasteiger partial charge in [0.05, 0.1) is 5.75 Å². The van der Waals surface area contributed by atoms with Crippen molar-refractivity contribution in [3.63, 3.8) is 0 Å². The van der Waals surface area contributed by atoms with E-state index in [-0.39, 0.29) is 16.6 Å². The number of hydrogen-bond acceptors (Lipinski definition) is 3. The number of rotatable bonds is 2. The number of thioether (sulfide) groups is 1. The van der Waals surface area contributed by atoms with Crippen LogP contribution in [0.5, 0.6) is 0 Å². The maximum atomic E-state index is 10.9. The van der Waals surface area contributed by atoms with Crippen molar-refractivity contribution in [2.45, 2.75) is 32.4 Å². The quantitative estimate of drug-likeness (QED) is 0.709. The van der Waals surface area contributed by atoms with Crippen molar-refractivity contribution in [1.29, 1.82) is 0 Å². The van der Waals surface area contributed by atoms with Crippen molar-refractivity contribution in [2.75, 3.05) is 5.75 Å². The van der Waals surface area contributed by atoms with E-state index in [9.17, 15) is 9.59 Å². The Labute approximate surface area is 77.3 Å². The molecule has 0 fully saturated rings. The smallest absolute Gasteiger partial charge is 0.236 e. The highest BCUT2D eigenvalue weighted by molar-refractivity contribution is 8.01. The van der Waals surface area contributed by atoms with E-state index >= 15 is 0 Å². The third kappa shape index (κ3) is 7.60. The summed E-state index contributed by atoms with van der Waals surface area (Å²) < 4.78 is 0.0636. The van der Waals surface area contributed by atoms with Gasteiger partial charge in [0.25, 0.3) is 0 Å². The molecule has 0 aliphatic heterocycles. The molecule has 0 saturated carbocycles. The molecule has 0 unspecified atom stereocenters. The molecule has 0 saturated heterocycles. The van der Waals surface area contributed by atoms with E-state index in [0.29, 0.717) is 5.75 Å². The average molecular weight is 189 g/mol. The van der Waals surface area contributed by atoms with E-state index in [1.807, 2.05) is 20.8 Å². The minimum atomic E-state index is -0.297. The molecule has 0 aromatic heterocycles. The average Bonchev–Trinajstić information content (AvgIpc) is 1.80. The van der Waals surface area contributed by atoms with E-state index in [1.165, 1.54) is 18.7 Å². The van der Waals surface area contributed by atoms with Gasteiger partial charge in [0.15, 0.2) is 0 Å². The largest absolute Gasteiger partial charge is 0.296 e. The lowest BCUT2D eigenvalue weighted by Gasteiger charge is -2.16. The summed E-state index contributed by atoms with van der Waals surface area (Å²) in [7, 11) is 0. The molecule has 70 valence electrons. The van der Waals surface area contributed by atoms with Gasteiger partial charge in [-0.25, -0.2) is 0 Å². The van der Waals surface area contributed by atoms with Crippen molar-refractivity contribution in [3.8, 4) is 0 Å². The second-order valence-electron chi connectivity index (χ2n) is 3.51. The predicted molar refractivity (Wildman–Crippen MR) is 51.0 cm³/mol. The Balaban J connectivity index is 3.65. The molecule has 2 amide bonds. The van der Waals surface area contributed by atoms with Gasteiger partial charge in [0.2, 0.25) is 11.8 Å². The highest BCUT2D eigenvalue weighted by Gasteiger charge is 2.13. The maximum absolute atomic E-state index is 10.9. The fourth-order valence-corrected chi connectivity index (χ4v) is 1.15. The van der Waals surface area contributed by atoms with Crippen LogP contribution in [0.2, 0.25) is 0 Å². The van der Waals surface area contributed by atoms with Crippen LogP contribution in [0, 0.1) is 0 Å². The summed E-state index contributed by atoms with van der Waals surface area (Å²) in [6.07, 6.45) is 0. The van der Waals surface area contributed by atoms with Gasteiger partial charge in [-0.05, 0) is 0 Å². The molecule has 3 nitrogen and oxygen atoms in total. The Hall–Kier alpha value is -0.510. The molecule has 0 bridgehead atoms. The summed E-state index contributed by atoms with van der Waals surface area (Å²) in [4.78, 5) is 21.4. The summed E-state index contributed by atoms with van der Waals surface area (Å²) in [6, 6.07) is 0. The van der Waals surface area contributed by atoms with Crippen LogP contribution in [0.15, 0.2) is 0 Å². The Morgan fingerprint density at radius 1 is 1.33 bits per heavy atom. The molecular formula is C8H15NO2S. The number of imide groups is 1. The highest BCUT2D eigenvalue weighted by atomic mass is 32.2. The first-order chi connectivity index (χ1) is 5.31. The first kappa shape index (κ1) is 11.5. The number of hydrogen-bond donors (Lipinski definition) is 1. The van der Waals surface area contributed by atoms with Gasteiger partial charge in [-0.1, -0.05) is 20.8 Å². The first-order valence-electron chi connectivity index (χ1n) is 3.75. The molecular weight excluding hydrogens is 174 g/mol. The molecule has 0 aliphatic rings. The second-order valence-corrected chi connectivity index (χ2v) is 5.31. The van der Waals surface area contributed by atoms with Crippen LogP contribution < -0.4 is 5.32 Å². The van der Waals surface area contributed by atoms with Crippen LogP contribution in [-0.4, -0.2) is 22.3 Å². The zero-order valence-electron chi connectivity index (χ0n) is 7.93. The van der Waals surface area contributed by atoms with Crippen LogP contribution in [0.3, 0.4) is 0 Å². The molecule has 0 rings (SSSR count). The van der Waals surface area contributed by atoms with Crippen molar-refractivity contribution in [1.82, 2.24) is 5.32 Å². The molecule has 0 spiro atoms. The SMILES string of the molecule is CC(=O)NC(=O)CSC(C)(C)C. The van der Waals surface area contributed by atoms with Gasteiger partial charge in [0.1, 0.15) is 0 Å². The standard InChI is InChI=1S/C8H15NO2S/c1-6(10)9-7(11)5-12-8(2,3)4/h5H2,1-4H3,(H,9,10,11). The fourth-order valence-electron chi connectivity index (χ4n) is 0.514. The normalized spacial score (nSPS) is 11.0. The molecule has 0 atom stereocenters. The van der Waals surface area contributed by atoms with Crippen LogP contribution in [0.1, 0.15) is 27.7 Å². The lowest BCUT2D eigenvalue weighted by molar-refractivity contribution is -0.127. The molecule has 1 N–H and O–H groups in total. The van der Waals surface area contributed by atoms with E-state index < -0.39 is 0 Å². The monoisotopic (exact) mass is 189 g/mol. The Bertz CT molecular complexity index is 184. The highest BCUT2D eigenvalue weighted by Crippen LogP contribution is 2.22. The summed E-state index contributed by atoms with van der Waals surface area (Å²) in [5.41, 5.74) is 0. The summed E-state index contributed by atoms with van der Waals surface area (Å²) in [5.74, 6) is -0.180. The zero-order chi connectivity index (χ0) is 9.78. The third-order valence-electron chi connectivity index (χ3n) is 0.952. The second kappa shape index (κ2) is 4.50. The number of nitrogens with one attached hydrogen (secondary N) is 1. The molecule has 4 heteroatoms. The fraction of sp³-hybridized carbons (Fsp3) is 0.750. The summed E-state index contributed by atoms with van der Waals surface area (Å²) >= 11 is 1.52. The van der Waals surface area contributed by atoms with E-state index in [0.717, 1.165) is 0 Å². The molecule has 0 aliphatic carbocycles. The van der Waals surface area contributed by atoms with Crippen molar-refractivity contribution in [2.24, 2.45) is 0 Å². The van der Waals surface area contributed by atoms with Crippen LogP contribution in [0.4, 0.5) is 0 Å². The van der Waals surface area contributed by atoms with E-state index in [2.05, 4.69) is 5.32 Å². The zero-order valence-corrected chi connectivity index (χ0v) is 8.75. The minimum absolute atomic E-state index is 0.0636. The summed E-state index contributed by atoms with van der Waals surface area (Å²) in [6.45, 7) is 7.41. The van der Waals surface area contributed by atoms with E-state index in [4.69, 9.17) is 0 Å². The van der Waals surface area contributed by atoms with Gasteiger partial charge in [-0.15, -0.1) is 11.8 Å². The van der Waals surface area contributed by atoms with Gasteiger partial charge < -0.3 is 0 Å². The molecule has 0 aromatic rings. The van der Waals surface area contributed by atoms with Crippen LogP contribution >= 0.6 is 11.8 Å². The van der Waals surface area contributed by atoms with Gasteiger partial charge >= 0.3 is 0 Å². The van der Waals surface area contributed by atoms with Crippen molar-refractivity contribution < 1.29 is 9.59 Å². The van der Waals surface area contributed by atoms with Crippen LogP contribution in [0.25, 0.3) is 0 Å². The maximum Gasteiger partial charge on any atom is 0.236 e. The molecule has 0 aromatic carbocycles. The van der Waals surface area contributed by atoms with Gasteiger partial charge in [-0.3, -0.25) is 14.9 Å². The lowest BCUT2D eigenvalue weighted by Crippen LogP contribution is -2.30.